The number of benzene rings is 2. The lowest BCUT2D eigenvalue weighted by Gasteiger charge is -2.28. The van der Waals surface area contributed by atoms with Gasteiger partial charge >= 0.3 is 0 Å². The molecule has 0 radical (unpaired) electrons. The molecule has 0 atom stereocenters. The van der Waals surface area contributed by atoms with E-state index in [9.17, 15) is 10.1 Å². The average Bonchev–Trinajstić information content (AvgIpc) is 2.59. The molecule has 1 aliphatic rings. The molecular weight excluding hydrogens is 290 g/mol. The van der Waals surface area contributed by atoms with Crippen molar-refractivity contribution < 1.29 is 4.92 Å². The molecule has 0 amide bonds. The molecule has 1 aliphatic heterocycles. The van der Waals surface area contributed by atoms with Crippen LogP contribution < -0.4 is 5.32 Å². The second-order valence-corrected chi connectivity index (χ2v) is 5.90. The van der Waals surface area contributed by atoms with Gasteiger partial charge in [-0.15, -0.1) is 0 Å². The molecular formula is C18H21N3O2. The summed E-state index contributed by atoms with van der Waals surface area (Å²) in [6, 6.07) is 15.4. The van der Waals surface area contributed by atoms with Crippen LogP contribution in [0.4, 0.5) is 5.69 Å². The highest BCUT2D eigenvalue weighted by molar-refractivity contribution is 5.32. The maximum Gasteiger partial charge on any atom is 0.269 e. The standard InChI is InChI=1S/C18H21N3O2/c22-21(23)18-7-5-15(6-8-18)13-19-10-12-20-11-9-16-3-1-2-4-17(16)14-20/h1-8,19H,9-14H2. The molecule has 1 heterocycles. The molecule has 3 rings (SSSR count). The van der Waals surface area contributed by atoms with Crippen LogP contribution in [-0.4, -0.2) is 29.5 Å². The first-order chi connectivity index (χ1) is 11.2. The van der Waals surface area contributed by atoms with Gasteiger partial charge in [-0.05, 0) is 23.1 Å². The Labute approximate surface area is 136 Å². The molecule has 0 aromatic heterocycles. The summed E-state index contributed by atoms with van der Waals surface area (Å²) in [6.07, 6.45) is 1.12. The summed E-state index contributed by atoms with van der Waals surface area (Å²) in [6.45, 7) is 4.80. The number of nitrogens with zero attached hydrogens (tertiary/aromatic N) is 2. The van der Waals surface area contributed by atoms with E-state index in [-0.39, 0.29) is 10.6 Å². The van der Waals surface area contributed by atoms with Crippen LogP contribution in [0.1, 0.15) is 16.7 Å². The summed E-state index contributed by atoms with van der Waals surface area (Å²) in [7, 11) is 0. The molecule has 1 N–H and O–H groups in total. The Hall–Kier alpha value is -2.24. The Balaban J connectivity index is 1.41. The van der Waals surface area contributed by atoms with E-state index in [0.717, 1.165) is 44.7 Å². The molecule has 0 saturated heterocycles. The van der Waals surface area contributed by atoms with Crippen molar-refractivity contribution >= 4 is 5.69 Å². The minimum Gasteiger partial charge on any atom is -0.311 e. The van der Waals surface area contributed by atoms with E-state index < -0.39 is 0 Å². The molecule has 0 fully saturated rings. The molecule has 0 bridgehead atoms. The smallest absolute Gasteiger partial charge is 0.269 e. The third-order valence-electron chi connectivity index (χ3n) is 4.29. The van der Waals surface area contributed by atoms with Gasteiger partial charge in [0.1, 0.15) is 0 Å². The molecule has 120 valence electrons. The molecule has 2 aromatic rings. The van der Waals surface area contributed by atoms with Gasteiger partial charge in [0, 0.05) is 44.9 Å². The predicted octanol–water partition coefficient (Wildman–Crippen LogP) is 2.74. The number of non-ortho nitro benzene ring substituents is 1. The van der Waals surface area contributed by atoms with Crippen LogP contribution in [-0.2, 0) is 19.5 Å². The zero-order valence-corrected chi connectivity index (χ0v) is 13.1. The summed E-state index contributed by atoms with van der Waals surface area (Å²) in [5, 5.41) is 14.0. The van der Waals surface area contributed by atoms with Crippen LogP contribution in [0.5, 0.6) is 0 Å². The largest absolute Gasteiger partial charge is 0.311 e. The number of nitro groups is 1. The summed E-state index contributed by atoms with van der Waals surface area (Å²) in [5.74, 6) is 0. The summed E-state index contributed by atoms with van der Waals surface area (Å²) < 4.78 is 0. The lowest BCUT2D eigenvalue weighted by molar-refractivity contribution is -0.384. The van der Waals surface area contributed by atoms with E-state index in [2.05, 4.69) is 34.5 Å². The first-order valence-electron chi connectivity index (χ1n) is 7.95. The van der Waals surface area contributed by atoms with Crippen LogP contribution in [0.15, 0.2) is 48.5 Å². The van der Waals surface area contributed by atoms with Gasteiger partial charge in [-0.1, -0.05) is 36.4 Å². The van der Waals surface area contributed by atoms with Crippen molar-refractivity contribution in [3.8, 4) is 0 Å². The van der Waals surface area contributed by atoms with Gasteiger partial charge in [0.05, 0.1) is 4.92 Å². The minimum absolute atomic E-state index is 0.140. The van der Waals surface area contributed by atoms with Gasteiger partial charge in [-0.3, -0.25) is 15.0 Å². The first-order valence-corrected chi connectivity index (χ1v) is 7.95. The highest BCUT2D eigenvalue weighted by Crippen LogP contribution is 2.17. The molecule has 0 unspecified atom stereocenters. The van der Waals surface area contributed by atoms with Crippen molar-refractivity contribution in [3.05, 3.63) is 75.3 Å². The zero-order valence-electron chi connectivity index (χ0n) is 13.1. The summed E-state index contributed by atoms with van der Waals surface area (Å²) in [4.78, 5) is 12.7. The van der Waals surface area contributed by atoms with E-state index >= 15 is 0 Å². The third kappa shape index (κ3) is 4.15. The van der Waals surface area contributed by atoms with E-state index in [1.807, 2.05) is 12.1 Å². The molecule has 5 heteroatoms. The number of nitrogens with one attached hydrogen (secondary N) is 1. The van der Waals surface area contributed by atoms with Gasteiger partial charge in [0.25, 0.3) is 5.69 Å². The normalized spacial score (nSPS) is 14.4. The van der Waals surface area contributed by atoms with Crippen LogP contribution in [0, 0.1) is 10.1 Å². The number of rotatable bonds is 6. The second kappa shape index (κ2) is 7.35. The first kappa shape index (κ1) is 15.6. The Morgan fingerprint density at radius 3 is 2.57 bits per heavy atom. The summed E-state index contributed by atoms with van der Waals surface area (Å²) >= 11 is 0. The minimum atomic E-state index is -0.370. The fourth-order valence-electron chi connectivity index (χ4n) is 2.95. The molecule has 23 heavy (non-hydrogen) atoms. The van der Waals surface area contributed by atoms with Gasteiger partial charge in [-0.2, -0.15) is 0 Å². The van der Waals surface area contributed by atoms with Crippen molar-refractivity contribution in [3.63, 3.8) is 0 Å². The number of hydrogen-bond acceptors (Lipinski definition) is 4. The highest BCUT2D eigenvalue weighted by atomic mass is 16.6. The van der Waals surface area contributed by atoms with E-state index in [4.69, 9.17) is 0 Å². The fourth-order valence-corrected chi connectivity index (χ4v) is 2.95. The van der Waals surface area contributed by atoms with Crippen LogP contribution in [0.3, 0.4) is 0 Å². The highest BCUT2D eigenvalue weighted by Gasteiger charge is 2.14. The third-order valence-corrected chi connectivity index (χ3v) is 4.29. The van der Waals surface area contributed by atoms with Gasteiger partial charge in [-0.25, -0.2) is 0 Å². The van der Waals surface area contributed by atoms with E-state index in [0.29, 0.717) is 0 Å². The Kier molecular flexibility index (Phi) is 5.00. The van der Waals surface area contributed by atoms with Crippen LogP contribution in [0.2, 0.25) is 0 Å². The molecule has 0 spiro atoms. The zero-order chi connectivity index (χ0) is 16.1. The van der Waals surface area contributed by atoms with E-state index in [1.165, 1.54) is 11.1 Å². The fraction of sp³-hybridized carbons (Fsp3) is 0.333. The molecule has 0 saturated carbocycles. The number of fused-ring (bicyclic) bond motifs is 1. The van der Waals surface area contributed by atoms with Crippen molar-refractivity contribution in [2.45, 2.75) is 19.5 Å². The Morgan fingerprint density at radius 1 is 1.09 bits per heavy atom. The van der Waals surface area contributed by atoms with E-state index in [1.54, 1.807) is 12.1 Å². The van der Waals surface area contributed by atoms with Gasteiger partial charge < -0.3 is 5.32 Å². The molecule has 5 nitrogen and oxygen atoms in total. The Bertz CT molecular complexity index is 670. The van der Waals surface area contributed by atoms with Crippen molar-refractivity contribution in [1.82, 2.24) is 10.2 Å². The molecule has 2 aromatic carbocycles. The maximum atomic E-state index is 10.6. The Morgan fingerprint density at radius 2 is 1.83 bits per heavy atom. The maximum absolute atomic E-state index is 10.6. The van der Waals surface area contributed by atoms with Crippen molar-refractivity contribution in [2.24, 2.45) is 0 Å². The van der Waals surface area contributed by atoms with Crippen LogP contribution >= 0.6 is 0 Å². The quantitative estimate of drug-likeness (QED) is 0.506. The van der Waals surface area contributed by atoms with Crippen LogP contribution in [0.25, 0.3) is 0 Å². The summed E-state index contributed by atoms with van der Waals surface area (Å²) in [5.41, 5.74) is 4.12. The number of hydrogen-bond donors (Lipinski definition) is 1. The van der Waals surface area contributed by atoms with Gasteiger partial charge in [0.15, 0.2) is 0 Å². The average molecular weight is 311 g/mol. The number of nitro benzene ring substituents is 1. The predicted molar refractivity (Wildman–Crippen MR) is 90.2 cm³/mol. The van der Waals surface area contributed by atoms with Crippen molar-refractivity contribution in [1.29, 1.82) is 0 Å². The topological polar surface area (TPSA) is 58.4 Å². The lowest BCUT2D eigenvalue weighted by atomic mass is 10.00. The van der Waals surface area contributed by atoms with Crippen molar-refractivity contribution in [2.75, 3.05) is 19.6 Å². The monoisotopic (exact) mass is 311 g/mol. The SMILES string of the molecule is O=[N+]([O-])c1ccc(CNCCN2CCc3ccccc3C2)cc1. The molecule has 0 aliphatic carbocycles. The lowest BCUT2D eigenvalue weighted by Crippen LogP contribution is -2.35. The second-order valence-electron chi connectivity index (χ2n) is 5.90. The van der Waals surface area contributed by atoms with Gasteiger partial charge in [0.2, 0.25) is 0 Å².